The van der Waals surface area contributed by atoms with E-state index in [4.69, 9.17) is 0 Å². The number of carbonyl (C=O) groups excluding carboxylic acids is 2. The minimum Gasteiger partial charge on any atom is -0.406 e. The number of carbonyl (C=O) groups is 2. The lowest BCUT2D eigenvalue weighted by molar-refractivity contribution is -0.274. The maximum Gasteiger partial charge on any atom is 0.573 e. The van der Waals surface area contributed by atoms with Crippen LogP contribution in [0.1, 0.15) is 22.3 Å². The molecule has 0 saturated carbocycles. The van der Waals surface area contributed by atoms with Crippen LogP contribution in [0.3, 0.4) is 0 Å². The first kappa shape index (κ1) is 23.0. The van der Waals surface area contributed by atoms with E-state index in [0.29, 0.717) is 11.1 Å². The number of alkyl halides is 3. The summed E-state index contributed by atoms with van der Waals surface area (Å²) >= 11 is 0. The van der Waals surface area contributed by atoms with Gasteiger partial charge >= 0.3 is 6.36 Å². The van der Waals surface area contributed by atoms with Crippen molar-refractivity contribution in [2.45, 2.75) is 26.8 Å². The molecule has 0 atom stereocenters. The second-order valence-electron chi connectivity index (χ2n) is 7.80. The predicted molar refractivity (Wildman–Crippen MR) is 119 cm³/mol. The molecule has 2 aromatic carbocycles. The molecule has 1 aliphatic rings. The Balaban J connectivity index is 1.74. The monoisotopic (exact) mass is 467 g/mol. The van der Waals surface area contributed by atoms with E-state index in [0.717, 1.165) is 28.2 Å². The van der Waals surface area contributed by atoms with E-state index < -0.39 is 23.9 Å². The molecule has 0 radical (unpaired) electrons. The average Bonchev–Trinajstić information content (AvgIpc) is 3.00. The number of nitrogens with one attached hydrogen (secondary N) is 1. The molecule has 0 unspecified atom stereocenters. The van der Waals surface area contributed by atoms with E-state index in [9.17, 15) is 22.8 Å². The Kier molecular flexibility index (Phi) is 6.10. The summed E-state index contributed by atoms with van der Waals surface area (Å²) in [7, 11) is 0. The highest BCUT2D eigenvalue weighted by Gasteiger charge is 2.39. The predicted octanol–water partition coefficient (Wildman–Crippen LogP) is 4.99. The number of benzene rings is 2. The van der Waals surface area contributed by atoms with Gasteiger partial charge in [0.1, 0.15) is 11.4 Å². The van der Waals surface area contributed by atoms with Gasteiger partial charge in [0, 0.05) is 24.1 Å². The van der Waals surface area contributed by atoms with Gasteiger partial charge in [0.05, 0.1) is 12.1 Å². The Morgan fingerprint density at radius 2 is 1.68 bits per heavy atom. The van der Waals surface area contributed by atoms with Crippen molar-refractivity contribution in [2.24, 2.45) is 0 Å². The van der Waals surface area contributed by atoms with Crippen molar-refractivity contribution in [1.82, 2.24) is 9.88 Å². The van der Waals surface area contributed by atoms with Gasteiger partial charge in [-0.2, -0.15) is 0 Å². The number of hydrogen-bond donors (Lipinski definition) is 1. The number of anilines is 1. The summed E-state index contributed by atoms with van der Waals surface area (Å²) in [6.45, 7) is 3.84. The molecule has 3 aromatic rings. The average molecular weight is 467 g/mol. The topological polar surface area (TPSA) is 71.5 Å². The lowest BCUT2D eigenvalue weighted by Crippen LogP contribution is -2.32. The largest absolute Gasteiger partial charge is 0.573 e. The Morgan fingerprint density at radius 1 is 0.941 bits per heavy atom. The van der Waals surface area contributed by atoms with Crippen LogP contribution in [0.2, 0.25) is 0 Å². The number of pyridine rings is 1. The van der Waals surface area contributed by atoms with Crippen molar-refractivity contribution in [3.05, 3.63) is 94.9 Å². The van der Waals surface area contributed by atoms with Gasteiger partial charge in [-0.25, -0.2) is 0 Å². The third-order valence-electron chi connectivity index (χ3n) is 5.39. The van der Waals surface area contributed by atoms with Crippen LogP contribution in [0.5, 0.6) is 5.75 Å². The van der Waals surface area contributed by atoms with Crippen LogP contribution in [0.4, 0.5) is 18.9 Å². The number of amides is 2. The minimum absolute atomic E-state index is 0.0218. The maximum absolute atomic E-state index is 13.4. The first-order valence-electron chi connectivity index (χ1n) is 10.3. The third kappa shape index (κ3) is 4.93. The molecule has 6 nitrogen and oxygen atoms in total. The zero-order valence-corrected chi connectivity index (χ0v) is 18.3. The molecule has 174 valence electrons. The fourth-order valence-corrected chi connectivity index (χ4v) is 3.59. The zero-order valence-electron chi connectivity index (χ0n) is 18.3. The first-order chi connectivity index (χ1) is 16.1. The Morgan fingerprint density at radius 3 is 2.35 bits per heavy atom. The van der Waals surface area contributed by atoms with Crippen LogP contribution >= 0.6 is 0 Å². The number of aromatic nitrogens is 1. The fraction of sp³-hybridized carbons (Fsp3) is 0.160. The van der Waals surface area contributed by atoms with E-state index in [-0.39, 0.29) is 23.5 Å². The molecule has 34 heavy (non-hydrogen) atoms. The molecular formula is C25H20F3N3O3. The van der Waals surface area contributed by atoms with E-state index in [1.807, 2.05) is 19.9 Å². The normalized spacial score (nSPS) is 14.1. The molecule has 2 heterocycles. The van der Waals surface area contributed by atoms with Crippen LogP contribution in [0.25, 0.3) is 5.57 Å². The molecule has 1 aliphatic heterocycles. The Labute approximate surface area is 193 Å². The van der Waals surface area contributed by atoms with Gasteiger partial charge in [-0.1, -0.05) is 24.3 Å². The van der Waals surface area contributed by atoms with E-state index >= 15 is 0 Å². The van der Waals surface area contributed by atoms with Crippen molar-refractivity contribution < 1.29 is 27.5 Å². The van der Waals surface area contributed by atoms with Crippen LogP contribution < -0.4 is 10.1 Å². The molecule has 4 rings (SSSR count). The lowest BCUT2D eigenvalue weighted by Gasteiger charge is -2.15. The molecule has 0 fully saturated rings. The molecule has 1 N–H and O–H groups in total. The summed E-state index contributed by atoms with van der Waals surface area (Å²) in [4.78, 5) is 31.8. The van der Waals surface area contributed by atoms with Gasteiger partial charge in [-0.3, -0.25) is 19.5 Å². The van der Waals surface area contributed by atoms with Crippen molar-refractivity contribution in [3.8, 4) is 5.75 Å². The SMILES string of the molecule is Cc1ccc(C2=C(Nc3cccc(OC(F)(F)F)c3)C(=O)N(Cc3ccncc3)C2=O)cc1C. The van der Waals surface area contributed by atoms with E-state index in [2.05, 4.69) is 15.0 Å². The van der Waals surface area contributed by atoms with E-state index in [1.54, 1.807) is 36.7 Å². The fourth-order valence-electron chi connectivity index (χ4n) is 3.59. The molecule has 9 heteroatoms. The number of rotatable bonds is 6. The van der Waals surface area contributed by atoms with Gasteiger partial charge in [-0.15, -0.1) is 13.2 Å². The third-order valence-corrected chi connectivity index (χ3v) is 5.39. The second-order valence-corrected chi connectivity index (χ2v) is 7.80. The molecular weight excluding hydrogens is 447 g/mol. The second kappa shape index (κ2) is 9.01. The zero-order chi connectivity index (χ0) is 24.5. The molecule has 0 spiro atoms. The van der Waals surface area contributed by atoms with Crippen LogP contribution in [-0.2, 0) is 16.1 Å². The highest BCUT2D eigenvalue weighted by atomic mass is 19.4. The lowest BCUT2D eigenvalue weighted by atomic mass is 9.99. The van der Waals surface area contributed by atoms with Gasteiger partial charge in [0.2, 0.25) is 0 Å². The highest BCUT2D eigenvalue weighted by Crippen LogP contribution is 2.33. The summed E-state index contributed by atoms with van der Waals surface area (Å²) in [5.41, 5.74) is 3.47. The molecule has 0 bridgehead atoms. The summed E-state index contributed by atoms with van der Waals surface area (Å²) in [6.07, 6.45) is -1.74. The Hall–Kier alpha value is -4.14. The summed E-state index contributed by atoms with van der Waals surface area (Å²) < 4.78 is 41.9. The number of ether oxygens (including phenoxy) is 1. The summed E-state index contributed by atoms with van der Waals surface area (Å²) in [5, 5.41) is 2.85. The van der Waals surface area contributed by atoms with Gasteiger partial charge in [0.25, 0.3) is 11.8 Å². The van der Waals surface area contributed by atoms with Crippen LogP contribution in [0.15, 0.2) is 72.7 Å². The number of imide groups is 1. The number of nitrogens with zero attached hydrogens (tertiary/aromatic N) is 2. The smallest absolute Gasteiger partial charge is 0.406 e. The van der Waals surface area contributed by atoms with Gasteiger partial charge in [-0.05, 0) is 60.4 Å². The van der Waals surface area contributed by atoms with Crippen LogP contribution in [0, 0.1) is 13.8 Å². The highest BCUT2D eigenvalue weighted by molar-refractivity contribution is 6.36. The quantitative estimate of drug-likeness (QED) is 0.518. The van der Waals surface area contributed by atoms with Crippen molar-refractivity contribution in [2.75, 3.05) is 5.32 Å². The summed E-state index contributed by atoms with van der Waals surface area (Å²) in [6, 6.07) is 13.9. The van der Waals surface area contributed by atoms with E-state index in [1.165, 1.54) is 12.1 Å². The maximum atomic E-state index is 13.4. The standard InChI is InChI=1S/C25H20F3N3O3/c1-15-6-7-18(12-16(15)2)21-22(30-19-4-3-5-20(13-19)34-25(26,27)28)24(33)31(23(21)32)14-17-8-10-29-11-9-17/h3-13,30H,14H2,1-2H3. The molecule has 1 aromatic heterocycles. The van der Waals surface area contributed by atoms with Gasteiger partial charge in [0.15, 0.2) is 0 Å². The number of aryl methyl sites for hydroxylation is 2. The van der Waals surface area contributed by atoms with Crippen molar-refractivity contribution >= 4 is 23.1 Å². The first-order valence-corrected chi connectivity index (χ1v) is 10.3. The van der Waals surface area contributed by atoms with Crippen molar-refractivity contribution in [3.63, 3.8) is 0 Å². The molecule has 0 saturated heterocycles. The van der Waals surface area contributed by atoms with Crippen molar-refractivity contribution in [1.29, 1.82) is 0 Å². The minimum atomic E-state index is -4.86. The summed E-state index contributed by atoms with van der Waals surface area (Å²) in [5.74, 6) is -1.54. The number of hydrogen-bond acceptors (Lipinski definition) is 5. The molecule has 0 aliphatic carbocycles. The Bertz CT molecular complexity index is 1290. The van der Waals surface area contributed by atoms with Gasteiger partial charge < -0.3 is 10.1 Å². The molecule has 2 amide bonds. The van der Waals surface area contributed by atoms with Crippen LogP contribution in [-0.4, -0.2) is 28.1 Å². The number of halogens is 3.